The van der Waals surface area contributed by atoms with Gasteiger partial charge in [-0.3, -0.25) is 4.90 Å². The number of nitrogens with zero attached hydrogens (tertiary/aromatic N) is 1. The maximum Gasteiger partial charge on any atom is 0.0709 e. The van der Waals surface area contributed by atoms with E-state index in [0.29, 0.717) is 19.7 Å². The fraction of sp³-hybridized carbons (Fsp3) is 0.600. The second-order valence-corrected chi connectivity index (χ2v) is 4.59. The van der Waals surface area contributed by atoms with Crippen molar-refractivity contribution in [2.24, 2.45) is 5.73 Å². The summed E-state index contributed by atoms with van der Waals surface area (Å²) in [5.74, 6) is 0. The van der Waals surface area contributed by atoms with Gasteiger partial charge in [0.15, 0.2) is 0 Å². The molecule has 1 rings (SSSR count). The summed E-state index contributed by atoms with van der Waals surface area (Å²) >= 11 is 0. The predicted molar refractivity (Wildman–Crippen MR) is 77.9 cm³/mol. The average molecular weight is 266 g/mol. The van der Waals surface area contributed by atoms with E-state index in [9.17, 15) is 0 Å². The quantitative estimate of drug-likeness (QED) is 0.669. The third-order valence-corrected chi connectivity index (χ3v) is 3.10. The maximum atomic E-state index is 9.14. The van der Waals surface area contributed by atoms with Gasteiger partial charge in [0.2, 0.25) is 0 Å². The van der Waals surface area contributed by atoms with Crippen molar-refractivity contribution in [3.8, 4) is 0 Å². The highest BCUT2D eigenvalue weighted by Crippen LogP contribution is 2.06. The van der Waals surface area contributed by atoms with E-state index in [-0.39, 0.29) is 12.7 Å². The van der Waals surface area contributed by atoms with Crippen LogP contribution in [0.3, 0.4) is 0 Å². The van der Waals surface area contributed by atoms with E-state index in [1.54, 1.807) is 0 Å². The van der Waals surface area contributed by atoms with Gasteiger partial charge in [0, 0.05) is 32.8 Å². The number of hydrogen-bond donors (Lipinski definition) is 2. The molecule has 1 aromatic carbocycles. The minimum atomic E-state index is 0.113. The van der Waals surface area contributed by atoms with Gasteiger partial charge in [-0.15, -0.1) is 0 Å². The van der Waals surface area contributed by atoms with Crippen LogP contribution in [-0.2, 0) is 11.3 Å². The fourth-order valence-electron chi connectivity index (χ4n) is 2.08. The van der Waals surface area contributed by atoms with Gasteiger partial charge < -0.3 is 15.6 Å². The first-order valence-corrected chi connectivity index (χ1v) is 6.99. The van der Waals surface area contributed by atoms with Gasteiger partial charge in [0.25, 0.3) is 0 Å². The molecule has 0 heterocycles. The molecule has 0 saturated heterocycles. The molecule has 0 spiro atoms. The zero-order valence-electron chi connectivity index (χ0n) is 11.8. The van der Waals surface area contributed by atoms with Crippen LogP contribution in [-0.4, -0.2) is 49.0 Å². The summed E-state index contributed by atoms with van der Waals surface area (Å²) in [6, 6.07) is 10.3. The van der Waals surface area contributed by atoms with E-state index in [4.69, 9.17) is 15.6 Å². The highest BCUT2D eigenvalue weighted by atomic mass is 16.5. The van der Waals surface area contributed by atoms with Crippen LogP contribution in [0, 0.1) is 0 Å². The number of rotatable bonds is 10. The summed E-state index contributed by atoms with van der Waals surface area (Å²) in [7, 11) is 0. The summed E-state index contributed by atoms with van der Waals surface area (Å²) in [6.07, 6.45) is 1.01. The van der Waals surface area contributed by atoms with E-state index in [2.05, 4.69) is 17.0 Å². The van der Waals surface area contributed by atoms with Crippen LogP contribution in [0.2, 0.25) is 0 Å². The Bertz CT molecular complexity index is 319. The predicted octanol–water partition coefficient (Wildman–Crippen LogP) is 1.23. The van der Waals surface area contributed by atoms with Gasteiger partial charge in [-0.2, -0.15) is 0 Å². The SMILES string of the molecule is CCOC(CN)CCN(CCO)Cc1ccccc1. The molecule has 1 unspecified atom stereocenters. The molecule has 0 amide bonds. The minimum absolute atomic E-state index is 0.113. The van der Waals surface area contributed by atoms with E-state index < -0.39 is 0 Å². The monoisotopic (exact) mass is 266 g/mol. The smallest absolute Gasteiger partial charge is 0.0709 e. The van der Waals surface area contributed by atoms with E-state index >= 15 is 0 Å². The summed E-state index contributed by atoms with van der Waals surface area (Å²) in [5, 5.41) is 9.14. The molecule has 0 bridgehead atoms. The van der Waals surface area contributed by atoms with E-state index in [1.807, 2.05) is 25.1 Å². The lowest BCUT2D eigenvalue weighted by Crippen LogP contribution is -2.33. The maximum absolute atomic E-state index is 9.14. The van der Waals surface area contributed by atoms with Crippen molar-refractivity contribution in [2.75, 3.05) is 32.8 Å². The van der Waals surface area contributed by atoms with Crippen molar-refractivity contribution in [1.82, 2.24) is 4.90 Å². The number of aliphatic hydroxyl groups is 1. The van der Waals surface area contributed by atoms with E-state index in [1.165, 1.54) is 5.56 Å². The lowest BCUT2D eigenvalue weighted by atomic mass is 10.2. The lowest BCUT2D eigenvalue weighted by Gasteiger charge is -2.24. The molecule has 19 heavy (non-hydrogen) atoms. The van der Waals surface area contributed by atoms with Crippen LogP contribution in [0.1, 0.15) is 18.9 Å². The van der Waals surface area contributed by atoms with Crippen molar-refractivity contribution >= 4 is 0 Å². The molecular weight excluding hydrogens is 240 g/mol. The molecule has 0 aliphatic carbocycles. The Morgan fingerprint density at radius 3 is 2.58 bits per heavy atom. The third kappa shape index (κ3) is 6.68. The first kappa shape index (κ1) is 16.1. The Labute approximate surface area is 116 Å². The van der Waals surface area contributed by atoms with Crippen molar-refractivity contribution in [3.05, 3.63) is 35.9 Å². The van der Waals surface area contributed by atoms with Crippen molar-refractivity contribution in [1.29, 1.82) is 0 Å². The first-order valence-electron chi connectivity index (χ1n) is 6.99. The molecule has 108 valence electrons. The summed E-state index contributed by atoms with van der Waals surface area (Å²) in [4.78, 5) is 2.23. The highest BCUT2D eigenvalue weighted by molar-refractivity contribution is 5.14. The van der Waals surface area contributed by atoms with Gasteiger partial charge >= 0.3 is 0 Å². The summed E-state index contributed by atoms with van der Waals surface area (Å²) in [5.41, 5.74) is 6.94. The average Bonchev–Trinajstić information content (AvgIpc) is 2.44. The van der Waals surface area contributed by atoms with Crippen LogP contribution < -0.4 is 5.73 Å². The number of benzene rings is 1. The molecule has 0 aliphatic heterocycles. The molecule has 1 atom stereocenters. The lowest BCUT2D eigenvalue weighted by molar-refractivity contribution is 0.0517. The Balaban J connectivity index is 2.43. The molecule has 0 fully saturated rings. The Hall–Kier alpha value is -0.940. The van der Waals surface area contributed by atoms with Gasteiger partial charge in [-0.1, -0.05) is 30.3 Å². The normalized spacial score (nSPS) is 12.8. The standard InChI is InChI=1S/C15H26N2O2/c1-2-19-15(12-16)8-9-17(10-11-18)13-14-6-4-3-5-7-14/h3-7,15,18H,2,8-13,16H2,1H3. The van der Waals surface area contributed by atoms with Crippen LogP contribution >= 0.6 is 0 Å². The second-order valence-electron chi connectivity index (χ2n) is 4.59. The number of nitrogens with two attached hydrogens (primary N) is 1. The Morgan fingerprint density at radius 2 is 2.00 bits per heavy atom. The van der Waals surface area contributed by atoms with Crippen LogP contribution in [0.25, 0.3) is 0 Å². The second kappa shape index (κ2) is 9.92. The summed E-state index contributed by atoms with van der Waals surface area (Å²) < 4.78 is 5.56. The molecule has 0 aliphatic rings. The van der Waals surface area contributed by atoms with Gasteiger partial charge in [-0.05, 0) is 18.9 Å². The fourth-order valence-corrected chi connectivity index (χ4v) is 2.08. The largest absolute Gasteiger partial charge is 0.395 e. The molecule has 4 nitrogen and oxygen atoms in total. The first-order chi connectivity index (χ1) is 9.30. The summed E-state index contributed by atoms with van der Waals surface area (Å²) in [6.45, 7) is 5.82. The molecule has 1 aromatic rings. The number of ether oxygens (including phenoxy) is 1. The van der Waals surface area contributed by atoms with Crippen LogP contribution in [0.5, 0.6) is 0 Å². The topological polar surface area (TPSA) is 58.7 Å². The van der Waals surface area contributed by atoms with Gasteiger partial charge in [-0.25, -0.2) is 0 Å². The molecule has 3 N–H and O–H groups in total. The molecule has 0 aromatic heterocycles. The van der Waals surface area contributed by atoms with Crippen molar-refractivity contribution in [3.63, 3.8) is 0 Å². The third-order valence-electron chi connectivity index (χ3n) is 3.10. The Kier molecular flexibility index (Phi) is 8.41. The zero-order chi connectivity index (χ0) is 13.9. The molecule has 0 radical (unpaired) electrons. The van der Waals surface area contributed by atoms with Crippen molar-refractivity contribution < 1.29 is 9.84 Å². The zero-order valence-corrected chi connectivity index (χ0v) is 11.8. The van der Waals surface area contributed by atoms with E-state index in [0.717, 1.165) is 19.5 Å². The minimum Gasteiger partial charge on any atom is -0.395 e. The molecular formula is C15H26N2O2. The highest BCUT2D eigenvalue weighted by Gasteiger charge is 2.10. The van der Waals surface area contributed by atoms with Crippen LogP contribution in [0.4, 0.5) is 0 Å². The molecule has 0 saturated carbocycles. The van der Waals surface area contributed by atoms with Crippen LogP contribution in [0.15, 0.2) is 30.3 Å². The number of aliphatic hydroxyl groups excluding tert-OH is 1. The van der Waals surface area contributed by atoms with Crippen molar-refractivity contribution in [2.45, 2.75) is 26.0 Å². The molecule has 4 heteroatoms. The van der Waals surface area contributed by atoms with Gasteiger partial charge in [0.05, 0.1) is 12.7 Å². The van der Waals surface area contributed by atoms with Gasteiger partial charge in [0.1, 0.15) is 0 Å². The number of hydrogen-bond acceptors (Lipinski definition) is 4. The Morgan fingerprint density at radius 1 is 1.26 bits per heavy atom.